The minimum Gasteiger partial charge on any atom is -0.462 e. The highest BCUT2D eigenvalue weighted by Gasteiger charge is 2.17. The SMILES string of the molecule is CCCCCCC(=O)O[C@@H](COPOC)COC(=O)CCCC. The van der Waals surface area contributed by atoms with Crippen LogP contribution in [0.25, 0.3) is 0 Å². The van der Waals surface area contributed by atoms with Crippen molar-refractivity contribution < 1.29 is 28.1 Å². The maximum Gasteiger partial charge on any atom is 0.306 e. The summed E-state index contributed by atoms with van der Waals surface area (Å²) in [7, 11) is 1.40. The molecule has 0 radical (unpaired) electrons. The van der Waals surface area contributed by atoms with Gasteiger partial charge >= 0.3 is 11.9 Å². The fourth-order valence-corrected chi connectivity index (χ4v) is 2.19. The Morgan fingerprint density at radius 1 is 0.913 bits per heavy atom. The second-order valence-corrected chi connectivity index (χ2v) is 6.17. The first-order valence-electron chi connectivity index (χ1n) is 8.38. The molecular formula is C16H31O6P. The molecule has 0 aromatic rings. The van der Waals surface area contributed by atoms with E-state index in [-0.39, 0.29) is 34.2 Å². The van der Waals surface area contributed by atoms with Crippen LogP contribution in [0.3, 0.4) is 0 Å². The van der Waals surface area contributed by atoms with E-state index < -0.39 is 6.10 Å². The van der Waals surface area contributed by atoms with Gasteiger partial charge in [-0.25, -0.2) is 0 Å². The van der Waals surface area contributed by atoms with Crippen LogP contribution in [-0.2, 0) is 28.1 Å². The molecule has 0 rings (SSSR count). The molecule has 0 saturated heterocycles. The van der Waals surface area contributed by atoms with E-state index >= 15 is 0 Å². The van der Waals surface area contributed by atoms with Crippen molar-refractivity contribution in [1.82, 2.24) is 0 Å². The van der Waals surface area contributed by atoms with Crippen LogP contribution < -0.4 is 0 Å². The molecule has 0 aliphatic rings. The van der Waals surface area contributed by atoms with Gasteiger partial charge in [0, 0.05) is 20.0 Å². The Morgan fingerprint density at radius 3 is 2.26 bits per heavy atom. The number of rotatable bonds is 15. The molecule has 6 nitrogen and oxygen atoms in total. The summed E-state index contributed by atoms with van der Waals surface area (Å²) in [5, 5.41) is 0. The van der Waals surface area contributed by atoms with Gasteiger partial charge in [0.25, 0.3) is 0 Å². The summed E-state index contributed by atoms with van der Waals surface area (Å²) < 4.78 is 20.6. The molecule has 23 heavy (non-hydrogen) atoms. The van der Waals surface area contributed by atoms with Gasteiger partial charge in [0.1, 0.15) is 6.61 Å². The lowest BCUT2D eigenvalue weighted by Crippen LogP contribution is -2.29. The fourth-order valence-electron chi connectivity index (χ4n) is 1.82. The van der Waals surface area contributed by atoms with E-state index in [4.69, 9.17) is 18.5 Å². The predicted octanol–water partition coefficient (Wildman–Crippen LogP) is 3.77. The summed E-state index contributed by atoms with van der Waals surface area (Å²) >= 11 is 0. The number of ether oxygens (including phenoxy) is 2. The van der Waals surface area contributed by atoms with Crippen LogP contribution in [0.5, 0.6) is 0 Å². The molecule has 0 N–H and O–H groups in total. The average Bonchev–Trinajstić information content (AvgIpc) is 2.54. The lowest BCUT2D eigenvalue weighted by molar-refractivity contribution is -0.161. The summed E-state index contributed by atoms with van der Waals surface area (Å²) in [6.07, 6.45) is 5.98. The zero-order valence-corrected chi connectivity index (χ0v) is 15.6. The first-order valence-corrected chi connectivity index (χ1v) is 9.20. The molecule has 0 aliphatic heterocycles. The molecule has 0 amide bonds. The molecule has 0 saturated carbocycles. The molecule has 0 bridgehead atoms. The van der Waals surface area contributed by atoms with Crippen LogP contribution in [0.2, 0.25) is 0 Å². The summed E-state index contributed by atoms with van der Waals surface area (Å²) in [6.45, 7) is 4.32. The summed E-state index contributed by atoms with van der Waals surface area (Å²) in [5.41, 5.74) is 0. The second-order valence-electron chi connectivity index (χ2n) is 5.31. The van der Waals surface area contributed by atoms with Crippen molar-refractivity contribution in [3.63, 3.8) is 0 Å². The van der Waals surface area contributed by atoms with Gasteiger partial charge in [-0.05, 0) is 12.8 Å². The lowest BCUT2D eigenvalue weighted by atomic mass is 10.1. The number of hydrogen-bond acceptors (Lipinski definition) is 6. The van der Waals surface area contributed by atoms with Gasteiger partial charge in [0.2, 0.25) is 0 Å². The Balaban J connectivity index is 4.11. The summed E-state index contributed by atoms with van der Waals surface area (Å²) in [5.74, 6) is -0.551. The quantitative estimate of drug-likeness (QED) is 0.254. The fraction of sp³-hybridized carbons (Fsp3) is 0.875. The molecule has 136 valence electrons. The standard InChI is InChI=1S/C16H31O6P/c1-4-6-8-9-11-16(18)22-14(13-21-23-19-3)12-20-15(17)10-7-5-2/h14,23H,4-13H2,1-3H3/t14-/m1/s1. The Bertz CT molecular complexity index is 311. The molecule has 0 heterocycles. The van der Waals surface area contributed by atoms with Crippen molar-refractivity contribution in [2.75, 3.05) is 20.3 Å². The molecule has 7 heteroatoms. The van der Waals surface area contributed by atoms with Crippen LogP contribution in [0.1, 0.15) is 65.2 Å². The Morgan fingerprint density at radius 2 is 1.61 bits per heavy atom. The van der Waals surface area contributed by atoms with Gasteiger partial charge in [-0.2, -0.15) is 0 Å². The molecule has 2 atom stereocenters. The number of unbranched alkanes of at least 4 members (excludes halogenated alkanes) is 4. The molecule has 0 aromatic carbocycles. The zero-order chi connectivity index (χ0) is 17.3. The van der Waals surface area contributed by atoms with Gasteiger partial charge in [-0.1, -0.05) is 39.5 Å². The van der Waals surface area contributed by atoms with Crippen LogP contribution in [0.4, 0.5) is 0 Å². The highest BCUT2D eigenvalue weighted by molar-refractivity contribution is 7.26. The van der Waals surface area contributed by atoms with Crippen molar-refractivity contribution in [1.29, 1.82) is 0 Å². The zero-order valence-electron chi connectivity index (χ0n) is 14.6. The Labute approximate surface area is 141 Å². The predicted molar refractivity (Wildman–Crippen MR) is 90.4 cm³/mol. The van der Waals surface area contributed by atoms with Gasteiger partial charge in [0.05, 0.1) is 6.61 Å². The largest absolute Gasteiger partial charge is 0.462 e. The van der Waals surface area contributed by atoms with Crippen molar-refractivity contribution >= 4 is 21.0 Å². The average molecular weight is 350 g/mol. The lowest BCUT2D eigenvalue weighted by Gasteiger charge is -2.17. The number of esters is 2. The molecule has 0 aromatic heterocycles. The van der Waals surface area contributed by atoms with E-state index in [9.17, 15) is 9.59 Å². The monoisotopic (exact) mass is 350 g/mol. The van der Waals surface area contributed by atoms with E-state index in [1.807, 2.05) is 6.92 Å². The normalized spacial score (nSPS) is 12.5. The number of carbonyl (C=O) groups excluding carboxylic acids is 2. The van der Waals surface area contributed by atoms with Crippen LogP contribution in [-0.4, -0.2) is 38.4 Å². The third-order valence-electron chi connectivity index (χ3n) is 3.11. The maximum absolute atomic E-state index is 11.8. The third kappa shape index (κ3) is 14.6. The minimum absolute atomic E-state index is 0.0252. The molecule has 0 fully saturated rings. The molecule has 1 unspecified atom stereocenters. The van der Waals surface area contributed by atoms with Crippen molar-refractivity contribution in [2.45, 2.75) is 71.3 Å². The first-order chi connectivity index (χ1) is 11.1. The van der Waals surface area contributed by atoms with Gasteiger partial charge < -0.3 is 18.5 Å². The topological polar surface area (TPSA) is 71.1 Å². The number of carbonyl (C=O) groups is 2. The minimum atomic E-state index is -0.582. The smallest absolute Gasteiger partial charge is 0.306 e. The van der Waals surface area contributed by atoms with Crippen LogP contribution in [0, 0.1) is 0 Å². The maximum atomic E-state index is 11.8. The van der Waals surface area contributed by atoms with E-state index in [1.54, 1.807) is 0 Å². The molecule has 0 spiro atoms. The van der Waals surface area contributed by atoms with Gasteiger partial charge in [-0.15, -0.1) is 0 Å². The van der Waals surface area contributed by atoms with E-state index in [0.717, 1.165) is 38.5 Å². The highest BCUT2D eigenvalue weighted by Crippen LogP contribution is 2.13. The van der Waals surface area contributed by atoms with Crippen LogP contribution in [0.15, 0.2) is 0 Å². The van der Waals surface area contributed by atoms with Gasteiger partial charge in [0.15, 0.2) is 15.1 Å². The Hall–Kier alpha value is -0.710. The Kier molecular flexibility index (Phi) is 15.7. The van der Waals surface area contributed by atoms with E-state index in [1.165, 1.54) is 7.11 Å². The molecule has 0 aliphatic carbocycles. The molecular weight excluding hydrogens is 319 g/mol. The van der Waals surface area contributed by atoms with E-state index in [0.29, 0.717) is 12.8 Å². The van der Waals surface area contributed by atoms with E-state index in [2.05, 4.69) is 6.92 Å². The van der Waals surface area contributed by atoms with Crippen LogP contribution >= 0.6 is 9.03 Å². The van der Waals surface area contributed by atoms with Gasteiger partial charge in [-0.3, -0.25) is 9.59 Å². The highest BCUT2D eigenvalue weighted by atomic mass is 31.1. The second kappa shape index (κ2) is 16.2. The summed E-state index contributed by atoms with van der Waals surface area (Å²) in [6, 6.07) is 0. The third-order valence-corrected chi connectivity index (χ3v) is 3.56. The number of hydrogen-bond donors (Lipinski definition) is 0. The van der Waals surface area contributed by atoms with Crippen molar-refractivity contribution in [3.8, 4) is 0 Å². The van der Waals surface area contributed by atoms with Crippen molar-refractivity contribution in [3.05, 3.63) is 0 Å². The first kappa shape index (κ1) is 22.3. The van der Waals surface area contributed by atoms with Crippen molar-refractivity contribution in [2.24, 2.45) is 0 Å². The summed E-state index contributed by atoms with van der Waals surface area (Å²) in [4.78, 5) is 23.4.